The van der Waals surface area contributed by atoms with Crippen LogP contribution in [0.1, 0.15) is 15.9 Å². The van der Waals surface area contributed by atoms with E-state index >= 15 is 0 Å². The Labute approximate surface area is 322 Å². The number of Topliss-reactive ketones (excluding diaryl/α,β-unsaturated/α-hetero) is 1. The van der Waals surface area contributed by atoms with Gasteiger partial charge in [0.25, 0.3) is 0 Å². The molecule has 0 aliphatic rings. The molecule has 0 saturated heterocycles. The fraction of sp³-hybridized carbons (Fsp3) is 0.0444. The summed E-state index contributed by atoms with van der Waals surface area (Å²) in [5, 5.41) is 1.37. The average Bonchev–Trinajstić information content (AvgIpc) is 3.19. The van der Waals surface area contributed by atoms with Crippen molar-refractivity contribution in [1.82, 2.24) is 0 Å². The molecule has 0 radical (unpaired) electrons. The SMILES string of the molecule is O=C(C[S+](c1ccc(Cl)cc1)c1ccc(Cl)cc1)c1ccc(Br)cc1.c1ccc(C[B-](c2ccccc2)(c2ccccc2)c2ccccc2)cc1. The van der Waals surface area contributed by atoms with E-state index in [1.165, 1.54) is 22.0 Å². The van der Waals surface area contributed by atoms with Gasteiger partial charge in [0.1, 0.15) is 0 Å². The number of benzene rings is 7. The van der Waals surface area contributed by atoms with Crippen LogP contribution in [0.4, 0.5) is 0 Å². The highest BCUT2D eigenvalue weighted by Crippen LogP contribution is 2.27. The minimum absolute atomic E-state index is 0.112. The second-order valence-electron chi connectivity index (χ2n) is 12.3. The van der Waals surface area contributed by atoms with Crippen LogP contribution in [0.15, 0.2) is 208 Å². The lowest BCUT2D eigenvalue weighted by molar-refractivity contribution is 0.102. The van der Waals surface area contributed by atoms with Gasteiger partial charge in [-0.1, -0.05) is 178 Å². The van der Waals surface area contributed by atoms with Crippen molar-refractivity contribution in [1.29, 1.82) is 0 Å². The maximum absolute atomic E-state index is 12.8. The molecule has 0 saturated carbocycles. The Morgan fingerprint density at radius 2 is 0.863 bits per heavy atom. The Morgan fingerprint density at radius 3 is 1.25 bits per heavy atom. The van der Waals surface area contributed by atoms with Gasteiger partial charge in [0, 0.05) is 20.1 Å². The lowest BCUT2D eigenvalue weighted by atomic mass is 9.14. The second-order valence-corrected chi connectivity index (χ2v) is 16.1. The molecule has 0 N–H and O–H groups in total. The first kappa shape index (κ1) is 36.5. The zero-order chi connectivity index (χ0) is 35.5. The Kier molecular flexibility index (Phi) is 12.7. The molecular formula is C45H36BBrCl2OS. The van der Waals surface area contributed by atoms with Gasteiger partial charge in [-0.05, 0) is 60.7 Å². The molecule has 0 atom stereocenters. The van der Waals surface area contributed by atoms with Gasteiger partial charge in [0.15, 0.2) is 15.5 Å². The summed E-state index contributed by atoms with van der Waals surface area (Å²) < 4.78 is 0.957. The molecule has 0 fully saturated rings. The van der Waals surface area contributed by atoms with Crippen LogP contribution >= 0.6 is 39.1 Å². The highest BCUT2D eigenvalue weighted by Gasteiger charge is 2.31. The molecule has 0 amide bonds. The van der Waals surface area contributed by atoms with Gasteiger partial charge in [0.05, 0.1) is 17.0 Å². The largest absolute Gasteiger partial charge is 0.289 e. The first-order valence-electron chi connectivity index (χ1n) is 16.8. The molecule has 0 bridgehead atoms. The van der Waals surface area contributed by atoms with E-state index < -0.39 is 6.15 Å². The molecule has 252 valence electrons. The van der Waals surface area contributed by atoms with Gasteiger partial charge in [0.2, 0.25) is 5.78 Å². The van der Waals surface area contributed by atoms with E-state index in [9.17, 15) is 4.79 Å². The lowest BCUT2D eigenvalue weighted by Crippen LogP contribution is -2.68. The van der Waals surface area contributed by atoms with Crippen LogP contribution in [-0.2, 0) is 17.2 Å². The van der Waals surface area contributed by atoms with E-state index in [0.717, 1.165) is 20.6 Å². The molecule has 7 rings (SSSR count). The fourth-order valence-electron chi connectivity index (χ4n) is 6.59. The van der Waals surface area contributed by atoms with Gasteiger partial charge in [-0.15, -0.1) is 6.32 Å². The fourth-order valence-corrected chi connectivity index (χ4v) is 9.07. The molecule has 0 heterocycles. The monoisotopic (exact) mass is 784 g/mol. The van der Waals surface area contributed by atoms with E-state index in [4.69, 9.17) is 23.2 Å². The molecule has 7 aromatic carbocycles. The van der Waals surface area contributed by atoms with E-state index in [0.29, 0.717) is 21.4 Å². The standard InChI is InChI=1S/C25H22B.C20H14BrCl2OS/c1-5-13-22(14-6-1)21-26(23-15-7-2-8-16-23,24-17-9-3-10-18-24)25-19-11-4-12-20-25;21-15-3-1-14(2-4-15)20(24)13-25(18-9-5-16(22)6-10-18)19-11-7-17(23)8-12-19/h1-20H,21H2;1-12H,13H2/q-1;+1. The van der Waals surface area contributed by atoms with Crippen LogP contribution in [0.3, 0.4) is 0 Å². The third-order valence-electron chi connectivity index (χ3n) is 9.13. The van der Waals surface area contributed by atoms with E-state index in [-0.39, 0.29) is 16.7 Å². The van der Waals surface area contributed by atoms with Crippen molar-refractivity contribution in [2.45, 2.75) is 16.1 Å². The minimum Gasteiger partial charge on any atom is -0.289 e. The maximum Gasteiger partial charge on any atom is 0.212 e. The molecule has 0 spiro atoms. The quantitative estimate of drug-likeness (QED) is 0.0767. The smallest absolute Gasteiger partial charge is 0.212 e. The highest BCUT2D eigenvalue weighted by molar-refractivity contribution is 9.10. The van der Waals surface area contributed by atoms with Crippen LogP contribution in [0, 0.1) is 0 Å². The van der Waals surface area contributed by atoms with E-state index in [1.54, 1.807) is 0 Å². The van der Waals surface area contributed by atoms with Crippen molar-refractivity contribution < 1.29 is 4.79 Å². The van der Waals surface area contributed by atoms with Crippen molar-refractivity contribution in [3.05, 3.63) is 220 Å². The van der Waals surface area contributed by atoms with Crippen molar-refractivity contribution in [3.63, 3.8) is 0 Å². The average molecular weight is 786 g/mol. The molecule has 0 aromatic heterocycles. The van der Waals surface area contributed by atoms with Crippen molar-refractivity contribution in [2.24, 2.45) is 0 Å². The summed E-state index contributed by atoms with van der Waals surface area (Å²) in [4.78, 5) is 14.9. The van der Waals surface area contributed by atoms with Crippen LogP contribution in [0.5, 0.6) is 0 Å². The van der Waals surface area contributed by atoms with Crippen LogP contribution in [-0.4, -0.2) is 17.7 Å². The van der Waals surface area contributed by atoms with Crippen molar-refractivity contribution >= 4 is 78.3 Å². The molecule has 7 aromatic rings. The number of hydrogen-bond donors (Lipinski definition) is 0. The van der Waals surface area contributed by atoms with Crippen molar-refractivity contribution in [3.8, 4) is 0 Å². The first-order chi connectivity index (χ1) is 24.9. The van der Waals surface area contributed by atoms with Crippen LogP contribution < -0.4 is 16.4 Å². The Bertz CT molecular complexity index is 1970. The molecule has 6 heteroatoms. The molecule has 51 heavy (non-hydrogen) atoms. The van der Waals surface area contributed by atoms with Crippen LogP contribution in [0.25, 0.3) is 0 Å². The predicted molar refractivity (Wildman–Crippen MR) is 224 cm³/mol. The van der Waals surface area contributed by atoms with Crippen molar-refractivity contribution in [2.75, 3.05) is 5.75 Å². The normalized spacial score (nSPS) is 11.1. The Hall–Kier alpha value is -4.32. The number of ketones is 1. The number of hydrogen-bond acceptors (Lipinski definition) is 1. The molecule has 0 unspecified atom stereocenters. The highest BCUT2D eigenvalue weighted by atomic mass is 79.9. The Morgan fingerprint density at radius 1 is 0.490 bits per heavy atom. The minimum atomic E-state index is -1.09. The summed E-state index contributed by atoms with van der Waals surface area (Å²) >= 11 is 15.4. The summed E-state index contributed by atoms with van der Waals surface area (Å²) in [7, 11) is -0.382. The van der Waals surface area contributed by atoms with Gasteiger partial charge in [-0.25, -0.2) is 0 Å². The van der Waals surface area contributed by atoms with Gasteiger partial charge < -0.3 is 0 Å². The Balaban J connectivity index is 0.000000176. The third-order valence-corrected chi connectivity index (χ3v) is 12.4. The van der Waals surface area contributed by atoms with Crippen LogP contribution in [0.2, 0.25) is 10.0 Å². The molecular weight excluding hydrogens is 750 g/mol. The number of carbonyl (C=O) groups excluding carboxylic acids is 1. The number of rotatable bonds is 10. The van der Waals surface area contributed by atoms with Gasteiger partial charge >= 0.3 is 0 Å². The van der Waals surface area contributed by atoms with E-state index in [2.05, 4.69) is 137 Å². The summed E-state index contributed by atoms with van der Waals surface area (Å²) in [6.07, 6.45) is -0.109. The lowest BCUT2D eigenvalue weighted by Gasteiger charge is -2.43. The summed E-state index contributed by atoms with van der Waals surface area (Å²) in [5.41, 5.74) is 6.23. The van der Waals surface area contributed by atoms with E-state index in [1.807, 2.05) is 72.8 Å². The zero-order valence-electron chi connectivity index (χ0n) is 27.9. The number of halogens is 3. The predicted octanol–water partition coefficient (Wildman–Crippen LogP) is 10.6. The summed E-state index contributed by atoms with van der Waals surface area (Å²) in [5.74, 6) is 0.519. The maximum atomic E-state index is 12.8. The van der Waals surface area contributed by atoms with Gasteiger partial charge in [-0.3, -0.25) is 4.79 Å². The molecule has 0 aliphatic carbocycles. The molecule has 0 aliphatic heterocycles. The second kappa shape index (κ2) is 17.8. The van der Waals surface area contributed by atoms with Gasteiger partial charge in [-0.2, -0.15) is 16.4 Å². The zero-order valence-corrected chi connectivity index (χ0v) is 31.8. The number of carbonyl (C=O) groups is 1. The summed E-state index contributed by atoms with van der Waals surface area (Å²) in [6.45, 7) is 0. The topological polar surface area (TPSA) is 17.1 Å². The third kappa shape index (κ3) is 9.33. The molecule has 1 nitrogen and oxygen atoms in total. The summed E-state index contributed by atoms with van der Waals surface area (Å²) in [6, 6.07) is 66.6. The first-order valence-corrected chi connectivity index (χ1v) is 19.7.